The lowest BCUT2D eigenvalue weighted by Gasteiger charge is -2.11. The number of hydrogen-bond donors (Lipinski definition) is 0. The Balaban J connectivity index is 1.17. The molecule has 11 aromatic rings. The van der Waals surface area contributed by atoms with E-state index in [1.54, 1.807) is 0 Å². The summed E-state index contributed by atoms with van der Waals surface area (Å²) in [4.78, 5) is 5.45. The molecule has 0 fully saturated rings. The Labute approximate surface area is 302 Å². The molecule has 4 aromatic heterocycles. The quantitative estimate of drug-likeness (QED) is 0.180. The molecule has 0 spiro atoms. The first-order valence-corrected chi connectivity index (χ1v) is 18.8. The number of benzene rings is 7. The summed E-state index contributed by atoms with van der Waals surface area (Å²) in [5.41, 5.74) is 10.2. The van der Waals surface area contributed by atoms with Crippen molar-refractivity contribution in [2.45, 2.75) is 0 Å². The summed E-state index contributed by atoms with van der Waals surface area (Å²) in [5.74, 6) is 0. The van der Waals surface area contributed by atoms with Crippen molar-refractivity contribution >= 4 is 84.8 Å². The first-order valence-electron chi connectivity index (χ1n) is 17.2. The van der Waals surface area contributed by atoms with Gasteiger partial charge >= 0.3 is 0 Å². The molecule has 0 aliphatic heterocycles. The average molecular weight is 685 g/mol. The number of nitrogens with zero attached hydrogens (tertiary/aromatic N) is 2. The van der Waals surface area contributed by atoms with Gasteiger partial charge in [-0.2, -0.15) is 0 Å². The van der Waals surface area contributed by atoms with Gasteiger partial charge in [0.2, 0.25) is 0 Å². The Morgan fingerprint density at radius 2 is 1.10 bits per heavy atom. The molecule has 238 valence electrons. The van der Waals surface area contributed by atoms with Crippen LogP contribution < -0.4 is 0 Å². The normalized spacial score (nSPS) is 11.9. The number of hydrogen-bond acceptors (Lipinski definition) is 3. The molecule has 0 unspecified atom stereocenters. The van der Waals surface area contributed by atoms with E-state index in [2.05, 4.69) is 174 Å². The standard InChI is InChI=1S/C47H28N2S2/c1-3-12-29(13-4-1)31-27-39(30-22-25-44-38(26-30)33-16-8-10-21-43(33)50-44)48-40(28-31)36-19-11-18-34-35-23-24-42-45(47(35)51-46(34)36)37-17-7-9-20-41(37)49(42)32-14-5-2-6-15-32/h1-28H. The molecule has 4 heteroatoms. The van der Waals surface area contributed by atoms with Gasteiger partial charge in [0.25, 0.3) is 0 Å². The van der Waals surface area contributed by atoms with E-state index in [4.69, 9.17) is 4.98 Å². The zero-order chi connectivity index (χ0) is 33.5. The molecule has 0 bridgehead atoms. The molecule has 2 nitrogen and oxygen atoms in total. The molecule has 7 aromatic carbocycles. The summed E-state index contributed by atoms with van der Waals surface area (Å²) in [6, 6.07) is 61.6. The maximum atomic E-state index is 5.45. The lowest BCUT2D eigenvalue weighted by Crippen LogP contribution is -1.92. The van der Waals surface area contributed by atoms with E-state index in [0.717, 1.165) is 28.1 Å². The van der Waals surface area contributed by atoms with E-state index in [-0.39, 0.29) is 0 Å². The number of aromatic nitrogens is 2. The SMILES string of the molecule is c1ccc(-c2cc(-c3ccc4sc5ccccc5c4c3)nc(-c3cccc4c3sc3c4ccc4c3c3ccccc3n4-c3ccccc3)c2)cc1. The van der Waals surface area contributed by atoms with E-state index in [9.17, 15) is 0 Å². The summed E-state index contributed by atoms with van der Waals surface area (Å²) in [6.07, 6.45) is 0. The lowest BCUT2D eigenvalue weighted by atomic mass is 9.98. The van der Waals surface area contributed by atoms with E-state index in [1.807, 2.05) is 22.7 Å². The van der Waals surface area contributed by atoms with E-state index in [1.165, 1.54) is 73.4 Å². The van der Waals surface area contributed by atoms with Crippen LogP contribution in [0.5, 0.6) is 0 Å². The molecule has 0 saturated carbocycles. The average Bonchev–Trinajstić information content (AvgIpc) is 3.87. The lowest BCUT2D eigenvalue weighted by molar-refractivity contribution is 1.18. The van der Waals surface area contributed by atoms with Crippen LogP contribution in [0.25, 0.3) is 101 Å². The van der Waals surface area contributed by atoms with Gasteiger partial charge in [-0.25, -0.2) is 4.98 Å². The fourth-order valence-corrected chi connectivity index (χ4v) is 10.3. The molecule has 0 radical (unpaired) electrons. The minimum atomic E-state index is 0.981. The van der Waals surface area contributed by atoms with Crippen molar-refractivity contribution in [3.05, 3.63) is 170 Å². The van der Waals surface area contributed by atoms with Crippen LogP contribution in [0, 0.1) is 0 Å². The highest BCUT2D eigenvalue weighted by atomic mass is 32.1. The highest BCUT2D eigenvalue weighted by Gasteiger charge is 2.20. The van der Waals surface area contributed by atoms with Gasteiger partial charge in [0.1, 0.15) is 0 Å². The van der Waals surface area contributed by atoms with Crippen molar-refractivity contribution in [2.24, 2.45) is 0 Å². The third-order valence-corrected chi connectivity index (χ3v) is 12.6. The van der Waals surface area contributed by atoms with Crippen LogP contribution in [-0.2, 0) is 0 Å². The summed E-state index contributed by atoms with van der Waals surface area (Å²) in [6.45, 7) is 0. The topological polar surface area (TPSA) is 17.8 Å². The highest BCUT2D eigenvalue weighted by molar-refractivity contribution is 7.27. The predicted molar refractivity (Wildman–Crippen MR) is 221 cm³/mol. The van der Waals surface area contributed by atoms with Crippen molar-refractivity contribution < 1.29 is 0 Å². The second kappa shape index (κ2) is 11.2. The molecular weight excluding hydrogens is 657 g/mol. The van der Waals surface area contributed by atoms with Gasteiger partial charge in [-0.15, -0.1) is 22.7 Å². The molecule has 0 aliphatic carbocycles. The second-order valence-electron chi connectivity index (χ2n) is 13.1. The molecule has 0 saturated heterocycles. The van der Waals surface area contributed by atoms with Crippen LogP contribution in [0.3, 0.4) is 0 Å². The molecule has 0 N–H and O–H groups in total. The van der Waals surface area contributed by atoms with Crippen LogP contribution in [-0.4, -0.2) is 9.55 Å². The van der Waals surface area contributed by atoms with Crippen molar-refractivity contribution in [3.63, 3.8) is 0 Å². The Hall–Kier alpha value is -6.07. The first kappa shape index (κ1) is 28.7. The number of pyridine rings is 1. The maximum Gasteiger partial charge on any atom is 0.0730 e. The molecular formula is C47H28N2S2. The number of thiophene rings is 2. The minimum absolute atomic E-state index is 0.981. The Kier molecular flexibility index (Phi) is 6.32. The largest absolute Gasteiger partial charge is 0.309 e. The van der Waals surface area contributed by atoms with Gasteiger partial charge in [-0.05, 0) is 65.7 Å². The fraction of sp³-hybridized carbons (Fsp3) is 0. The molecule has 0 atom stereocenters. The predicted octanol–water partition coefficient (Wildman–Crippen LogP) is 13.9. The summed E-state index contributed by atoms with van der Waals surface area (Å²) in [5, 5.41) is 7.72. The third kappa shape index (κ3) is 4.44. The minimum Gasteiger partial charge on any atom is -0.309 e. The van der Waals surface area contributed by atoms with Gasteiger partial charge in [-0.1, -0.05) is 115 Å². The van der Waals surface area contributed by atoms with Gasteiger partial charge in [0, 0.05) is 67.9 Å². The van der Waals surface area contributed by atoms with E-state index < -0.39 is 0 Å². The molecule has 51 heavy (non-hydrogen) atoms. The molecule has 11 rings (SSSR count). The van der Waals surface area contributed by atoms with Gasteiger partial charge in [0.05, 0.1) is 22.4 Å². The molecule has 4 heterocycles. The molecule has 0 amide bonds. The van der Waals surface area contributed by atoms with Crippen LogP contribution in [0.15, 0.2) is 170 Å². The van der Waals surface area contributed by atoms with E-state index >= 15 is 0 Å². The summed E-state index contributed by atoms with van der Waals surface area (Å²) < 4.78 is 7.60. The fourth-order valence-electron chi connectivity index (χ4n) is 7.86. The summed E-state index contributed by atoms with van der Waals surface area (Å²) in [7, 11) is 0. The van der Waals surface area contributed by atoms with Crippen LogP contribution >= 0.6 is 22.7 Å². The summed E-state index contributed by atoms with van der Waals surface area (Å²) >= 11 is 3.74. The van der Waals surface area contributed by atoms with Crippen LogP contribution in [0.2, 0.25) is 0 Å². The van der Waals surface area contributed by atoms with Crippen molar-refractivity contribution in [1.82, 2.24) is 9.55 Å². The first-order chi connectivity index (χ1) is 25.3. The maximum absolute atomic E-state index is 5.45. The zero-order valence-electron chi connectivity index (χ0n) is 27.4. The van der Waals surface area contributed by atoms with E-state index in [0.29, 0.717) is 0 Å². The number of rotatable bonds is 4. The van der Waals surface area contributed by atoms with Gasteiger partial charge in [0.15, 0.2) is 0 Å². The van der Waals surface area contributed by atoms with Gasteiger partial charge < -0.3 is 4.57 Å². The Bertz CT molecular complexity index is 3130. The second-order valence-corrected chi connectivity index (χ2v) is 15.2. The Morgan fingerprint density at radius 3 is 1.98 bits per heavy atom. The zero-order valence-corrected chi connectivity index (χ0v) is 29.0. The monoisotopic (exact) mass is 684 g/mol. The van der Waals surface area contributed by atoms with Crippen molar-refractivity contribution in [3.8, 4) is 39.3 Å². The van der Waals surface area contributed by atoms with Crippen LogP contribution in [0.4, 0.5) is 0 Å². The number of fused-ring (bicyclic) bond motifs is 10. The van der Waals surface area contributed by atoms with Crippen molar-refractivity contribution in [2.75, 3.05) is 0 Å². The number of para-hydroxylation sites is 2. The molecule has 0 aliphatic rings. The van der Waals surface area contributed by atoms with Crippen molar-refractivity contribution in [1.29, 1.82) is 0 Å². The smallest absolute Gasteiger partial charge is 0.0730 e. The van der Waals surface area contributed by atoms with Crippen LogP contribution in [0.1, 0.15) is 0 Å². The Morgan fingerprint density at radius 1 is 0.392 bits per heavy atom. The van der Waals surface area contributed by atoms with Gasteiger partial charge in [-0.3, -0.25) is 0 Å². The third-order valence-electron chi connectivity index (χ3n) is 10.2. The highest BCUT2D eigenvalue weighted by Crippen LogP contribution is 2.46.